The molecule has 3 aromatic rings. The van der Waals surface area contributed by atoms with E-state index in [4.69, 9.17) is 14.7 Å². The minimum atomic E-state index is -0.0304. The number of aromatic nitrogens is 3. The summed E-state index contributed by atoms with van der Waals surface area (Å²) in [5, 5.41) is 17.9. The summed E-state index contributed by atoms with van der Waals surface area (Å²) in [6.07, 6.45) is 0. The van der Waals surface area contributed by atoms with Crippen LogP contribution < -0.4 is 9.47 Å². The second-order valence-electron chi connectivity index (χ2n) is 5.83. The number of carbonyl (C=O) groups is 1. The van der Waals surface area contributed by atoms with Gasteiger partial charge in [0, 0.05) is 18.2 Å². The lowest BCUT2D eigenvalue weighted by Gasteiger charge is -2.05. The number of nitrogens with zero attached hydrogens (tertiary/aromatic N) is 4. The molecule has 1 aliphatic heterocycles. The van der Waals surface area contributed by atoms with Gasteiger partial charge in [0.2, 0.25) is 6.79 Å². The molecule has 7 nitrogen and oxygen atoms in total. The van der Waals surface area contributed by atoms with Crippen molar-refractivity contribution in [1.29, 1.82) is 5.26 Å². The molecule has 0 spiro atoms. The van der Waals surface area contributed by atoms with Crippen LogP contribution in [0.15, 0.2) is 47.6 Å². The average molecular weight is 378 g/mol. The van der Waals surface area contributed by atoms with Crippen molar-refractivity contribution in [3.05, 3.63) is 53.6 Å². The highest BCUT2D eigenvalue weighted by Gasteiger charge is 2.18. The summed E-state index contributed by atoms with van der Waals surface area (Å²) in [5.74, 6) is 2.28. The molecule has 2 heterocycles. The first-order valence-corrected chi connectivity index (χ1v) is 9.10. The maximum atomic E-state index is 12.3. The van der Waals surface area contributed by atoms with Crippen LogP contribution in [0.2, 0.25) is 0 Å². The van der Waals surface area contributed by atoms with E-state index in [9.17, 15) is 4.79 Å². The third kappa shape index (κ3) is 3.37. The summed E-state index contributed by atoms with van der Waals surface area (Å²) >= 11 is 1.32. The molecule has 0 unspecified atom stereocenters. The lowest BCUT2D eigenvalue weighted by atomic mass is 10.1. The van der Waals surface area contributed by atoms with Crippen molar-refractivity contribution in [3.63, 3.8) is 0 Å². The molecule has 1 aliphatic rings. The Morgan fingerprint density at radius 3 is 2.74 bits per heavy atom. The molecule has 2 aromatic carbocycles. The van der Waals surface area contributed by atoms with E-state index < -0.39 is 0 Å². The van der Waals surface area contributed by atoms with Gasteiger partial charge in [0.05, 0.1) is 17.4 Å². The van der Waals surface area contributed by atoms with Gasteiger partial charge in [-0.2, -0.15) is 5.26 Å². The molecule has 8 heteroatoms. The Morgan fingerprint density at radius 2 is 1.96 bits per heavy atom. The molecule has 1 aromatic heterocycles. The van der Waals surface area contributed by atoms with Crippen molar-refractivity contribution >= 4 is 17.5 Å². The van der Waals surface area contributed by atoms with E-state index in [1.54, 1.807) is 24.3 Å². The first-order valence-electron chi connectivity index (χ1n) is 8.11. The number of thioether (sulfide) groups is 1. The molecule has 0 fully saturated rings. The van der Waals surface area contributed by atoms with Crippen LogP contribution in [0.3, 0.4) is 0 Å². The van der Waals surface area contributed by atoms with E-state index in [1.807, 2.05) is 35.9 Å². The largest absolute Gasteiger partial charge is 0.454 e. The normalized spacial score (nSPS) is 12.0. The van der Waals surface area contributed by atoms with Crippen LogP contribution in [0.1, 0.15) is 15.9 Å². The fourth-order valence-corrected chi connectivity index (χ4v) is 3.48. The van der Waals surface area contributed by atoms with E-state index in [1.165, 1.54) is 11.8 Å². The molecule has 0 bridgehead atoms. The zero-order chi connectivity index (χ0) is 18.8. The van der Waals surface area contributed by atoms with Crippen LogP contribution >= 0.6 is 11.8 Å². The van der Waals surface area contributed by atoms with Gasteiger partial charge in [0.25, 0.3) is 0 Å². The first-order chi connectivity index (χ1) is 13.2. The smallest absolute Gasteiger partial charge is 0.231 e. The standard InChI is InChI=1S/C19H14N4O3S/c1-23-18(14-6-7-16-17(8-14)26-11-25-16)21-22-19(23)27-10-15(24)13-4-2-12(9-20)3-5-13/h2-8H,10-11H2,1H3. The minimum absolute atomic E-state index is 0.0304. The summed E-state index contributed by atoms with van der Waals surface area (Å²) in [6.45, 7) is 0.218. The van der Waals surface area contributed by atoms with Crippen molar-refractivity contribution in [3.8, 4) is 29.0 Å². The number of benzene rings is 2. The number of rotatable bonds is 5. The number of ketones is 1. The van der Waals surface area contributed by atoms with E-state index in [-0.39, 0.29) is 18.3 Å². The Hall–Kier alpha value is -3.31. The Labute approximate surface area is 159 Å². The Balaban J connectivity index is 1.47. The number of hydrogen-bond acceptors (Lipinski definition) is 7. The third-order valence-corrected chi connectivity index (χ3v) is 5.15. The van der Waals surface area contributed by atoms with Crippen LogP contribution in [0.5, 0.6) is 11.5 Å². The van der Waals surface area contributed by atoms with Crippen LogP contribution in [0.25, 0.3) is 11.4 Å². The highest BCUT2D eigenvalue weighted by molar-refractivity contribution is 7.99. The van der Waals surface area contributed by atoms with E-state index in [0.29, 0.717) is 33.6 Å². The molecule has 0 amide bonds. The zero-order valence-electron chi connectivity index (χ0n) is 14.4. The number of Topliss-reactive ketones (excluding diaryl/α,β-unsaturated/α-hetero) is 1. The van der Waals surface area contributed by atoms with Crippen LogP contribution in [-0.2, 0) is 7.05 Å². The van der Waals surface area contributed by atoms with Gasteiger partial charge in [-0.1, -0.05) is 23.9 Å². The number of fused-ring (bicyclic) bond motifs is 1. The van der Waals surface area contributed by atoms with Gasteiger partial charge in [0.15, 0.2) is 28.3 Å². The quantitative estimate of drug-likeness (QED) is 0.498. The molecular formula is C19H14N4O3S. The highest BCUT2D eigenvalue weighted by atomic mass is 32.2. The fraction of sp³-hybridized carbons (Fsp3) is 0.158. The van der Waals surface area contributed by atoms with E-state index >= 15 is 0 Å². The van der Waals surface area contributed by atoms with Crippen molar-refractivity contribution < 1.29 is 14.3 Å². The van der Waals surface area contributed by atoms with Gasteiger partial charge in [-0.05, 0) is 30.3 Å². The zero-order valence-corrected chi connectivity index (χ0v) is 15.2. The third-order valence-electron chi connectivity index (χ3n) is 4.13. The van der Waals surface area contributed by atoms with Gasteiger partial charge < -0.3 is 14.0 Å². The summed E-state index contributed by atoms with van der Waals surface area (Å²) in [6, 6.07) is 14.2. The monoisotopic (exact) mass is 378 g/mol. The van der Waals surface area contributed by atoms with Crippen molar-refractivity contribution in [2.75, 3.05) is 12.5 Å². The lowest BCUT2D eigenvalue weighted by molar-refractivity contribution is 0.102. The SMILES string of the molecule is Cn1c(SCC(=O)c2ccc(C#N)cc2)nnc1-c1ccc2c(c1)OCO2. The molecule has 0 saturated heterocycles. The van der Waals surface area contributed by atoms with Crippen LogP contribution in [0, 0.1) is 11.3 Å². The predicted molar refractivity (Wildman–Crippen MR) is 98.8 cm³/mol. The molecule has 27 heavy (non-hydrogen) atoms. The molecule has 0 atom stereocenters. The summed E-state index contributed by atoms with van der Waals surface area (Å²) in [5.41, 5.74) is 1.96. The van der Waals surface area contributed by atoms with Gasteiger partial charge in [-0.25, -0.2) is 0 Å². The number of hydrogen-bond donors (Lipinski definition) is 0. The Morgan fingerprint density at radius 1 is 1.19 bits per heavy atom. The number of carbonyl (C=O) groups excluding carboxylic acids is 1. The van der Waals surface area contributed by atoms with Gasteiger partial charge in [-0.15, -0.1) is 10.2 Å². The predicted octanol–water partition coefficient (Wildman–Crippen LogP) is 3.06. The Bertz CT molecular complexity index is 1050. The van der Waals surface area contributed by atoms with Crippen molar-refractivity contribution in [2.24, 2.45) is 7.05 Å². The maximum Gasteiger partial charge on any atom is 0.231 e. The minimum Gasteiger partial charge on any atom is -0.454 e. The van der Waals surface area contributed by atoms with Crippen LogP contribution in [-0.4, -0.2) is 33.1 Å². The average Bonchev–Trinajstić information content (AvgIpc) is 3.32. The van der Waals surface area contributed by atoms with Crippen molar-refractivity contribution in [1.82, 2.24) is 14.8 Å². The fourth-order valence-electron chi connectivity index (χ4n) is 2.67. The van der Waals surface area contributed by atoms with Gasteiger partial charge in [-0.3, -0.25) is 4.79 Å². The van der Waals surface area contributed by atoms with Gasteiger partial charge >= 0.3 is 0 Å². The lowest BCUT2D eigenvalue weighted by Crippen LogP contribution is -2.04. The molecular weight excluding hydrogens is 364 g/mol. The molecule has 0 aliphatic carbocycles. The van der Waals surface area contributed by atoms with Gasteiger partial charge in [0.1, 0.15) is 0 Å². The number of ether oxygens (including phenoxy) is 2. The maximum absolute atomic E-state index is 12.3. The molecule has 134 valence electrons. The second-order valence-corrected chi connectivity index (χ2v) is 6.78. The molecule has 0 radical (unpaired) electrons. The highest BCUT2D eigenvalue weighted by Crippen LogP contribution is 2.35. The van der Waals surface area contributed by atoms with E-state index in [0.717, 1.165) is 5.56 Å². The first kappa shape index (κ1) is 17.1. The molecule has 0 N–H and O–H groups in total. The summed E-state index contributed by atoms with van der Waals surface area (Å²) in [7, 11) is 1.86. The Kier molecular flexibility index (Phi) is 4.52. The number of nitriles is 1. The summed E-state index contributed by atoms with van der Waals surface area (Å²) in [4.78, 5) is 12.3. The summed E-state index contributed by atoms with van der Waals surface area (Å²) < 4.78 is 12.6. The van der Waals surface area contributed by atoms with Crippen molar-refractivity contribution in [2.45, 2.75) is 5.16 Å². The van der Waals surface area contributed by atoms with Crippen LogP contribution in [0.4, 0.5) is 0 Å². The molecule has 4 rings (SSSR count). The topological polar surface area (TPSA) is 90.0 Å². The second kappa shape index (κ2) is 7.13. The van der Waals surface area contributed by atoms with E-state index in [2.05, 4.69) is 10.2 Å². The molecule has 0 saturated carbocycles.